The molecular formula is C62H40. The van der Waals surface area contributed by atoms with Crippen molar-refractivity contribution in [3.63, 3.8) is 0 Å². The zero-order valence-corrected chi connectivity index (χ0v) is 34.1. The summed E-state index contributed by atoms with van der Waals surface area (Å²) in [5.41, 5.74) is 14.6. The normalized spacial score (nSPS) is 11.5. The van der Waals surface area contributed by atoms with Gasteiger partial charge in [0, 0.05) is 0 Å². The lowest BCUT2D eigenvalue weighted by molar-refractivity contribution is 1.60. The summed E-state index contributed by atoms with van der Waals surface area (Å²) in [6.45, 7) is 0. The summed E-state index contributed by atoms with van der Waals surface area (Å²) in [5, 5.41) is 12.3. The van der Waals surface area contributed by atoms with E-state index in [4.69, 9.17) is 0 Å². The van der Waals surface area contributed by atoms with Gasteiger partial charge in [-0.3, -0.25) is 0 Å². The number of rotatable bonds is 6. The Labute approximate surface area is 361 Å². The maximum atomic E-state index is 2.47. The molecular weight excluding hydrogens is 745 g/mol. The fraction of sp³-hybridized carbons (Fsp3) is 0. The van der Waals surface area contributed by atoms with Gasteiger partial charge in [0.05, 0.1) is 0 Å². The molecule has 62 heavy (non-hydrogen) atoms. The van der Waals surface area contributed by atoms with Gasteiger partial charge in [0.25, 0.3) is 0 Å². The van der Waals surface area contributed by atoms with E-state index in [2.05, 4.69) is 243 Å². The number of fused-ring (bicyclic) bond motifs is 6. The van der Waals surface area contributed by atoms with Crippen molar-refractivity contribution in [2.45, 2.75) is 0 Å². The Morgan fingerprint density at radius 2 is 0.532 bits per heavy atom. The molecule has 288 valence electrons. The first-order valence-electron chi connectivity index (χ1n) is 21.5. The summed E-state index contributed by atoms with van der Waals surface area (Å²) in [7, 11) is 0. The molecule has 0 amide bonds. The standard InChI is InChI=1S/C62H40/c1-3-14-41(15-4-1)47-24-13-25-48(34-47)51-30-32-55-56-33-31-52(58-38-50-23-12-11-22-49(50)37-57(58)44-18-5-2-6-19-44)40-60(56)62(54-29-27-43-17-8-10-21-46(43)36-54)61(59(55)39-51)53-28-26-42-16-7-9-20-45(42)35-53/h1-40H. The van der Waals surface area contributed by atoms with Crippen LogP contribution in [0.25, 0.3) is 121 Å². The molecule has 0 N–H and O–H groups in total. The monoisotopic (exact) mass is 784 g/mol. The summed E-state index contributed by atoms with van der Waals surface area (Å²) in [4.78, 5) is 0. The average Bonchev–Trinajstić information content (AvgIpc) is 3.35. The van der Waals surface area contributed by atoms with Gasteiger partial charge in [-0.2, -0.15) is 0 Å². The fourth-order valence-electron chi connectivity index (χ4n) is 9.72. The van der Waals surface area contributed by atoms with Crippen molar-refractivity contribution in [2.75, 3.05) is 0 Å². The van der Waals surface area contributed by atoms with Gasteiger partial charge in [-0.1, -0.05) is 200 Å². The molecule has 0 aliphatic rings. The predicted octanol–water partition coefficient (Wildman–Crippen LogP) is 17.5. The first-order chi connectivity index (χ1) is 30.7. The molecule has 0 aliphatic heterocycles. The quantitative estimate of drug-likeness (QED) is 0.147. The molecule has 0 fully saturated rings. The molecule has 0 heterocycles. The van der Waals surface area contributed by atoms with Gasteiger partial charge in [0.15, 0.2) is 0 Å². The Kier molecular flexibility index (Phi) is 8.61. The molecule has 0 aromatic heterocycles. The van der Waals surface area contributed by atoms with Gasteiger partial charge in [-0.05, 0) is 163 Å². The molecule has 0 radical (unpaired) electrons. The van der Waals surface area contributed by atoms with E-state index in [9.17, 15) is 0 Å². The Balaban J connectivity index is 1.20. The van der Waals surface area contributed by atoms with Crippen LogP contribution in [0, 0.1) is 0 Å². The smallest absolute Gasteiger partial charge is 0.00199 e. The molecule has 0 nitrogen and oxygen atoms in total. The predicted molar refractivity (Wildman–Crippen MR) is 267 cm³/mol. The molecule has 0 spiro atoms. The maximum absolute atomic E-state index is 2.47. The van der Waals surface area contributed by atoms with Crippen LogP contribution in [0.5, 0.6) is 0 Å². The van der Waals surface area contributed by atoms with Crippen molar-refractivity contribution in [1.29, 1.82) is 0 Å². The summed E-state index contributed by atoms with van der Waals surface area (Å²) >= 11 is 0. The third-order valence-electron chi connectivity index (χ3n) is 12.8. The third kappa shape index (κ3) is 6.24. The highest BCUT2D eigenvalue weighted by molar-refractivity contribution is 6.23. The topological polar surface area (TPSA) is 0 Å². The van der Waals surface area contributed by atoms with E-state index in [-0.39, 0.29) is 0 Å². The van der Waals surface area contributed by atoms with Crippen LogP contribution in [-0.4, -0.2) is 0 Å². The van der Waals surface area contributed by atoms with Gasteiger partial charge in [-0.15, -0.1) is 0 Å². The third-order valence-corrected chi connectivity index (χ3v) is 12.8. The molecule has 0 heteroatoms. The first-order valence-corrected chi connectivity index (χ1v) is 21.5. The molecule has 12 rings (SSSR count). The van der Waals surface area contributed by atoms with E-state index >= 15 is 0 Å². The number of hydrogen-bond acceptors (Lipinski definition) is 0. The molecule has 12 aromatic carbocycles. The Hall–Kier alpha value is -8.06. The highest BCUT2D eigenvalue weighted by atomic mass is 14.2. The number of benzene rings is 12. The van der Waals surface area contributed by atoms with Gasteiger partial charge in [0.1, 0.15) is 0 Å². The molecule has 0 atom stereocenters. The van der Waals surface area contributed by atoms with E-state index in [1.54, 1.807) is 0 Å². The van der Waals surface area contributed by atoms with Crippen LogP contribution in [0.3, 0.4) is 0 Å². The maximum Gasteiger partial charge on any atom is -0.00199 e. The van der Waals surface area contributed by atoms with E-state index in [1.165, 1.54) is 121 Å². The van der Waals surface area contributed by atoms with Crippen LogP contribution in [0.1, 0.15) is 0 Å². The lowest BCUT2D eigenvalue weighted by Gasteiger charge is -2.21. The van der Waals surface area contributed by atoms with Gasteiger partial charge in [0.2, 0.25) is 0 Å². The minimum absolute atomic E-state index is 1.20. The highest BCUT2D eigenvalue weighted by Gasteiger charge is 2.21. The van der Waals surface area contributed by atoms with Crippen molar-refractivity contribution in [3.05, 3.63) is 243 Å². The second-order valence-electron chi connectivity index (χ2n) is 16.5. The molecule has 12 aromatic rings. The zero-order valence-electron chi connectivity index (χ0n) is 34.1. The second-order valence-corrected chi connectivity index (χ2v) is 16.5. The van der Waals surface area contributed by atoms with Crippen molar-refractivity contribution in [2.24, 2.45) is 0 Å². The minimum Gasteiger partial charge on any atom is -0.0622 e. The second kappa shape index (κ2) is 14.9. The van der Waals surface area contributed by atoms with Crippen LogP contribution < -0.4 is 0 Å². The van der Waals surface area contributed by atoms with Crippen LogP contribution in [-0.2, 0) is 0 Å². The average molecular weight is 785 g/mol. The highest BCUT2D eigenvalue weighted by Crippen LogP contribution is 2.48. The van der Waals surface area contributed by atoms with Crippen molar-refractivity contribution in [3.8, 4) is 66.8 Å². The van der Waals surface area contributed by atoms with E-state index in [1.807, 2.05) is 0 Å². The summed E-state index contributed by atoms with van der Waals surface area (Å²) in [6.07, 6.45) is 0. The van der Waals surface area contributed by atoms with Crippen molar-refractivity contribution in [1.82, 2.24) is 0 Å². The largest absolute Gasteiger partial charge is 0.0622 e. The first kappa shape index (κ1) is 35.8. The lowest BCUT2D eigenvalue weighted by Crippen LogP contribution is -1.94. The van der Waals surface area contributed by atoms with E-state index in [0.717, 1.165) is 0 Å². The molecule has 0 saturated carbocycles. The van der Waals surface area contributed by atoms with Gasteiger partial charge in [-0.25, -0.2) is 0 Å². The molecule has 0 bridgehead atoms. The van der Waals surface area contributed by atoms with E-state index in [0.29, 0.717) is 0 Å². The summed E-state index contributed by atoms with van der Waals surface area (Å²) in [6, 6.07) is 89.7. The molecule has 0 aliphatic carbocycles. The van der Waals surface area contributed by atoms with Crippen LogP contribution >= 0.6 is 0 Å². The van der Waals surface area contributed by atoms with Crippen LogP contribution in [0.4, 0.5) is 0 Å². The Bertz CT molecular complexity index is 3670. The van der Waals surface area contributed by atoms with Crippen molar-refractivity contribution >= 4 is 53.9 Å². The van der Waals surface area contributed by atoms with E-state index < -0.39 is 0 Å². The Morgan fingerprint density at radius 1 is 0.161 bits per heavy atom. The number of hydrogen-bond donors (Lipinski definition) is 0. The van der Waals surface area contributed by atoms with Crippen LogP contribution in [0.2, 0.25) is 0 Å². The SMILES string of the molecule is c1ccc(-c2cccc(-c3ccc4c(c3)c(-c3ccc5ccccc5c3)c(-c3ccc5ccccc5c3)c3cc(-c5cc6ccccc6cc5-c5ccccc5)ccc34)c2)cc1. The summed E-state index contributed by atoms with van der Waals surface area (Å²) < 4.78 is 0. The summed E-state index contributed by atoms with van der Waals surface area (Å²) in [5.74, 6) is 0. The van der Waals surface area contributed by atoms with Gasteiger partial charge < -0.3 is 0 Å². The molecule has 0 saturated heterocycles. The van der Waals surface area contributed by atoms with Crippen molar-refractivity contribution < 1.29 is 0 Å². The zero-order chi connectivity index (χ0) is 41.0. The minimum atomic E-state index is 1.20. The Morgan fingerprint density at radius 3 is 1.08 bits per heavy atom. The fourth-order valence-corrected chi connectivity index (χ4v) is 9.72. The molecule has 0 unspecified atom stereocenters. The van der Waals surface area contributed by atoms with Gasteiger partial charge >= 0.3 is 0 Å². The lowest BCUT2D eigenvalue weighted by atomic mass is 9.82. The van der Waals surface area contributed by atoms with Crippen LogP contribution in [0.15, 0.2) is 243 Å².